The number of hydrogen-bond donors (Lipinski definition) is 0. The summed E-state index contributed by atoms with van der Waals surface area (Å²) in [7, 11) is -4.95. The monoisotopic (exact) mass is 606 g/mol. The lowest BCUT2D eigenvalue weighted by atomic mass is 10.6. The van der Waals surface area contributed by atoms with Crippen molar-refractivity contribution in [3.05, 3.63) is 0 Å². The minimum absolute atomic E-state index is 1.28. The highest BCUT2D eigenvalue weighted by Gasteiger charge is 2.52. The molecule has 0 radical (unpaired) electrons. The van der Waals surface area contributed by atoms with E-state index in [0.717, 1.165) is 0 Å². The van der Waals surface area contributed by atoms with Crippen molar-refractivity contribution in [3.63, 3.8) is 0 Å². The summed E-state index contributed by atoms with van der Waals surface area (Å²) in [5.74, 6) is 0. The summed E-state index contributed by atoms with van der Waals surface area (Å²) in [6.45, 7) is 24.1. The molecule has 7 heteroatoms. The Morgan fingerprint density at radius 2 is 0.514 bits per heavy atom. The highest BCUT2D eigenvalue weighted by atomic mass is 32.5. The Balaban J connectivity index is 6.83. The van der Waals surface area contributed by atoms with Crippen LogP contribution >= 0.6 is 10.7 Å². The lowest BCUT2D eigenvalue weighted by Crippen LogP contribution is -2.56. The van der Waals surface area contributed by atoms with Gasteiger partial charge in [-0.2, -0.15) is 10.7 Å². The second kappa shape index (κ2) is 20.9. The molecule has 0 fully saturated rings. The van der Waals surface area contributed by atoms with Gasteiger partial charge in [-0.3, -0.25) is 0 Å². The van der Waals surface area contributed by atoms with Gasteiger partial charge in [0, 0.05) is 0 Å². The average molecular weight is 607 g/mol. The molecular weight excluding hydrogens is 537 g/mol. The smallest absolute Gasteiger partial charge is 0.239 e. The van der Waals surface area contributed by atoms with Crippen LogP contribution in [-0.2, 0) is 8.23 Å². The fraction of sp³-hybridized carbons (Fsp3) is 1.00. The topological polar surface area (TPSA) is 18.5 Å². The van der Waals surface area contributed by atoms with E-state index in [1.165, 1.54) is 125 Å². The summed E-state index contributed by atoms with van der Waals surface area (Å²) in [5, 5.41) is 0. The van der Waals surface area contributed by atoms with Gasteiger partial charge in [-0.15, -0.1) is 0 Å². The first-order valence-corrected chi connectivity index (χ1v) is 28.8. The van der Waals surface area contributed by atoms with Crippen LogP contribution in [0, 0.1) is 0 Å². The molecule has 0 spiro atoms. The molecule has 0 N–H and O–H groups in total. The van der Waals surface area contributed by atoms with Crippen LogP contribution in [0.25, 0.3) is 0 Å². The fourth-order valence-corrected chi connectivity index (χ4v) is 51.1. The maximum absolute atomic E-state index is 7.98. The van der Waals surface area contributed by atoms with Crippen molar-refractivity contribution >= 4 is 42.2 Å². The van der Waals surface area contributed by atoms with E-state index in [4.69, 9.17) is 8.23 Å². The summed E-state index contributed by atoms with van der Waals surface area (Å²) in [6, 6.07) is 13.6. The molecule has 0 aliphatic heterocycles. The maximum atomic E-state index is 7.98. The Hall–Kier alpha value is 1.14. The van der Waals surface area contributed by atoms with Gasteiger partial charge < -0.3 is 8.23 Å². The van der Waals surface area contributed by atoms with E-state index >= 15 is 0 Å². The SMILES string of the molecule is CCC[Si](CCC)(CCC)O[Si](CCC)(CCC)S[Si](CCC)(CCC)O[Si](CCC)(CCC)CCC. The van der Waals surface area contributed by atoms with Crippen molar-refractivity contribution in [2.24, 2.45) is 0 Å². The van der Waals surface area contributed by atoms with Gasteiger partial charge in [0.1, 0.15) is 0 Å². The van der Waals surface area contributed by atoms with Crippen molar-refractivity contribution in [1.29, 1.82) is 0 Å². The van der Waals surface area contributed by atoms with Crippen LogP contribution in [0.1, 0.15) is 133 Å². The lowest BCUT2D eigenvalue weighted by Gasteiger charge is -2.49. The van der Waals surface area contributed by atoms with Crippen molar-refractivity contribution in [1.82, 2.24) is 0 Å². The zero-order valence-corrected chi connectivity index (χ0v) is 32.2. The van der Waals surface area contributed by atoms with Gasteiger partial charge in [-0.1, -0.05) is 133 Å². The van der Waals surface area contributed by atoms with E-state index in [1.807, 2.05) is 0 Å². The second-order valence-electron chi connectivity index (χ2n) is 12.0. The van der Waals surface area contributed by atoms with Crippen LogP contribution in [0.2, 0.25) is 60.4 Å². The zero-order chi connectivity index (χ0) is 28.3. The zero-order valence-electron chi connectivity index (χ0n) is 27.4. The van der Waals surface area contributed by atoms with Crippen LogP contribution in [0.15, 0.2) is 0 Å². The Morgan fingerprint density at radius 3 is 0.676 bits per heavy atom. The summed E-state index contributed by atoms with van der Waals surface area (Å²) >= 11 is 0. The normalized spacial score (nSPS) is 13.5. The van der Waals surface area contributed by atoms with E-state index in [0.29, 0.717) is 0 Å². The van der Waals surface area contributed by atoms with Gasteiger partial charge in [0.2, 0.25) is 14.9 Å². The first-order valence-electron chi connectivity index (χ1n) is 16.8. The van der Waals surface area contributed by atoms with E-state index in [9.17, 15) is 0 Å². The summed E-state index contributed by atoms with van der Waals surface area (Å²) < 4.78 is 16.0. The van der Waals surface area contributed by atoms with Gasteiger partial charge in [0.05, 0.1) is 0 Å². The molecule has 2 nitrogen and oxygen atoms in total. The highest BCUT2D eigenvalue weighted by Crippen LogP contribution is 2.49. The van der Waals surface area contributed by atoms with Gasteiger partial charge in [0.25, 0.3) is 0 Å². The van der Waals surface area contributed by atoms with Crippen LogP contribution < -0.4 is 0 Å². The number of rotatable bonds is 26. The maximum Gasteiger partial charge on any atom is 0.239 e. The van der Waals surface area contributed by atoms with E-state index in [-0.39, 0.29) is 0 Å². The molecule has 0 amide bonds. The van der Waals surface area contributed by atoms with Gasteiger partial charge in [-0.05, 0) is 60.4 Å². The molecule has 0 aliphatic carbocycles. The van der Waals surface area contributed by atoms with E-state index < -0.39 is 31.6 Å². The van der Waals surface area contributed by atoms with Crippen molar-refractivity contribution in [2.75, 3.05) is 0 Å². The third-order valence-corrected chi connectivity index (χ3v) is 41.5. The van der Waals surface area contributed by atoms with Crippen LogP contribution in [-0.4, -0.2) is 31.6 Å². The molecule has 0 aromatic carbocycles. The third kappa shape index (κ3) is 13.1. The largest absolute Gasteiger partial charge is 0.448 e. The predicted molar refractivity (Wildman–Crippen MR) is 184 cm³/mol. The van der Waals surface area contributed by atoms with Gasteiger partial charge >= 0.3 is 0 Å². The van der Waals surface area contributed by atoms with Crippen molar-refractivity contribution in [2.45, 2.75) is 194 Å². The standard InChI is InChI=1S/C30H70O2SSi4/c1-11-21-34(22-12-2,23-13-3)31-36(27-17-7,28-18-8)33-37(29-19-9,30-20-10)32-35(24-14-4,25-15-5)26-16-6/h11-30H2,1-10H3. The summed E-state index contributed by atoms with van der Waals surface area (Å²) in [5.41, 5.74) is 0. The lowest BCUT2D eigenvalue weighted by molar-refractivity contribution is 0.508. The Bertz CT molecular complexity index is 458. The second-order valence-corrected chi connectivity index (χ2v) is 34.1. The molecule has 0 bridgehead atoms. The molecule has 0 aliphatic rings. The molecular formula is C30H70O2SSi4. The molecule has 37 heavy (non-hydrogen) atoms. The molecule has 0 aromatic heterocycles. The molecule has 0 atom stereocenters. The quantitative estimate of drug-likeness (QED) is 0.0912. The predicted octanol–water partition coefficient (Wildman–Crippen LogP) is 12.6. The Kier molecular flexibility index (Phi) is 21.6. The van der Waals surface area contributed by atoms with Crippen LogP contribution in [0.5, 0.6) is 0 Å². The molecule has 0 aromatic rings. The first-order chi connectivity index (χ1) is 17.7. The minimum Gasteiger partial charge on any atom is -0.448 e. The number of hydrogen-bond acceptors (Lipinski definition) is 3. The Morgan fingerprint density at radius 1 is 0.324 bits per heavy atom. The molecule has 0 saturated carbocycles. The van der Waals surface area contributed by atoms with E-state index in [2.05, 4.69) is 79.9 Å². The van der Waals surface area contributed by atoms with Crippen molar-refractivity contribution in [3.8, 4) is 0 Å². The molecule has 0 heterocycles. The van der Waals surface area contributed by atoms with Crippen molar-refractivity contribution < 1.29 is 8.23 Å². The molecule has 0 rings (SSSR count). The molecule has 0 unspecified atom stereocenters. The first kappa shape index (κ1) is 38.1. The minimum atomic E-state index is -1.98. The highest BCUT2D eigenvalue weighted by molar-refractivity contribution is 8.49. The summed E-state index contributed by atoms with van der Waals surface area (Å²) in [4.78, 5) is 0. The van der Waals surface area contributed by atoms with Crippen LogP contribution in [0.3, 0.4) is 0 Å². The molecule has 224 valence electrons. The fourth-order valence-electron chi connectivity index (χ4n) is 7.14. The van der Waals surface area contributed by atoms with Crippen LogP contribution in [0.4, 0.5) is 0 Å². The molecule has 0 saturated heterocycles. The van der Waals surface area contributed by atoms with Gasteiger partial charge in [-0.25, -0.2) is 0 Å². The Labute approximate surface area is 243 Å². The van der Waals surface area contributed by atoms with E-state index in [1.54, 1.807) is 0 Å². The average Bonchev–Trinajstić information content (AvgIpc) is 2.80. The third-order valence-electron chi connectivity index (χ3n) is 7.93. The summed E-state index contributed by atoms with van der Waals surface area (Å²) in [6.07, 6.45) is 12.9. The van der Waals surface area contributed by atoms with Gasteiger partial charge in [0.15, 0.2) is 16.6 Å².